The Hall–Kier alpha value is -0.860. The topological polar surface area (TPSA) is 21.3 Å². The fourth-order valence-corrected chi connectivity index (χ4v) is 3.27. The van der Waals surface area contributed by atoms with Gasteiger partial charge in [0.15, 0.2) is 0 Å². The van der Waals surface area contributed by atoms with E-state index in [1.54, 1.807) is 0 Å². The maximum atomic E-state index is 5.86. The molecule has 0 spiro atoms. The lowest BCUT2D eigenvalue weighted by Crippen LogP contribution is -2.23. The highest BCUT2D eigenvalue weighted by molar-refractivity contribution is 5.26. The first-order valence-electron chi connectivity index (χ1n) is 8.56. The molecule has 2 atom stereocenters. The molecule has 0 amide bonds. The molecule has 2 rings (SSSR count). The second kappa shape index (κ2) is 8.55. The van der Waals surface area contributed by atoms with Crippen LogP contribution in [0.1, 0.15) is 63.1 Å². The zero-order chi connectivity index (χ0) is 15.1. The summed E-state index contributed by atoms with van der Waals surface area (Å²) in [6.07, 6.45) is 7.78. The molecular weight excluding hydrogens is 258 g/mol. The van der Waals surface area contributed by atoms with Crippen molar-refractivity contribution in [1.29, 1.82) is 0 Å². The van der Waals surface area contributed by atoms with Crippen LogP contribution in [0.25, 0.3) is 0 Å². The summed E-state index contributed by atoms with van der Waals surface area (Å²) in [5, 5.41) is 3.48. The van der Waals surface area contributed by atoms with E-state index in [9.17, 15) is 0 Å². The van der Waals surface area contributed by atoms with E-state index in [-0.39, 0.29) is 0 Å². The van der Waals surface area contributed by atoms with Crippen LogP contribution < -0.4 is 5.32 Å². The molecule has 1 N–H and O–H groups in total. The second-order valence-corrected chi connectivity index (χ2v) is 6.75. The second-order valence-electron chi connectivity index (χ2n) is 6.75. The molecule has 1 saturated heterocycles. The van der Waals surface area contributed by atoms with Crippen molar-refractivity contribution in [3.05, 3.63) is 35.4 Å². The van der Waals surface area contributed by atoms with Crippen molar-refractivity contribution in [2.24, 2.45) is 5.92 Å². The smallest absolute Gasteiger partial charge is 0.0575 e. The van der Waals surface area contributed by atoms with Gasteiger partial charge in [0, 0.05) is 12.6 Å². The zero-order valence-corrected chi connectivity index (χ0v) is 13.9. The third-order valence-electron chi connectivity index (χ3n) is 4.40. The Labute approximate surface area is 130 Å². The van der Waals surface area contributed by atoms with Gasteiger partial charge in [0.2, 0.25) is 0 Å². The van der Waals surface area contributed by atoms with Gasteiger partial charge in [-0.2, -0.15) is 0 Å². The molecule has 0 bridgehead atoms. The zero-order valence-electron chi connectivity index (χ0n) is 13.9. The van der Waals surface area contributed by atoms with Crippen LogP contribution in [0, 0.1) is 5.92 Å². The van der Waals surface area contributed by atoms with Crippen LogP contribution in [0.2, 0.25) is 0 Å². The molecule has 1 aromatic carbocycles. The lowest BCUT2D eigenvalue weighted by atomic mass is 9.94. The Kier molecular flexibility index (Phi) is 6.72. The fourth-order valence-electron chi connectivity index (χ4n) is 3.27. The van der Waals surface area contributed by atoms with Crippen LogP contribution in [-0.4, -0.2) is 19.8 Å². The largest absolute Gasteiger partial charge is 0.378 e. The number of rotatable bonds is 7. The van der Waals surface area contributed by atoms with E-state index >= 15 is 0 Å². The lowest BCUT2D eigenvalue weighted by molar-refractivity contribution is 0.00866. The quantitative estimate of drug-likeness (QED) is 0.798. The molecule has 2 unspecified atom stereocenters. The van der Waals surface area contributed by atoms with E-state index in [4.69, 9.17) is 4.74 Å². The highest BCUT2D eigenvalue weighted by Crippen LogP contribution is 2.24. The van der Waals surface area contributed by atoms with E-state index in [0.717, 1.165) is 19.4 Å². The predicted molar refractivity (Wildman–Crippen MR) is 89.6 cm³/mol. The molecule has 0 saturated carbocycles. The van der Waals surface area contributed by atoms with Crippen LogP contribution in [0.5, 0.6) is 0 Å². The van der Waals surface area contributed by atoms with Gasteiger partial charge in [0.05, 0.1) is 6.10 Å². The van der Waals surface area contributed by atoms with Crippen LogP contribution in [-0.2, 0) is 11.2 Å². The van der Waals surface area contributed by atoms with Crippen LogP contribution in [0.3, 0.4) is 0 Å². The van der Waals surface area contributed by atoms with Gasteiger partial charge in [-0.05, 0) is 62.6 Å². The number of hydrogen-bond donors (Lipinski definition) is 1. The molecule has 1 aromatic rings. The van der Waals surface area contributed by atoms with Crippen molar-refractivity contribution in [3.8, 4) is 0 Å². The van der Waals surface area contributed by atoms with Gasteiger partial charge in [0.1, 0.15) is 0 Å². The SMILES string of the molecule is CNC(CCC1CCCCO1)c1cccc(CC(C)C)c1. The van der Waals surface area contributed by atoms with Gasteiger partial charge >= 0.3 is 0 Å². The summed E-state index contributed by atoms with van der Waals surface area (Å²) < 4.78 is 5.86. The van der Waals surface area contributed by atoms with Gasteiger partial charge in [0.25, 0.3) is 0 Å². The minimum atomic E-state index is 0.447. The monoisotopic (exact) mass is 289 g/mol. The molecule has 21 heavy (non-hydrogen) atoms. The highest BCUT2D eigenvalue weighted by atomic mass is 16.5. The van der Waals surface area contributed by atoms with Crippen molar-refractivity contribution in [2.45, 2.75) is 64.5 Å². The minimum absolute atomic E-state index is 0.447. The van der Waals surface area contributed by atoms with Crippen molar-refractivity contribution in [3.63, 3.8) is 0 Å². The maximum absolute atomic E-state index is 5.86. The van der Waals surface area contributed by atoms with Gasteiger partial charge in [-0.1, -0.05) is 38.1 Å². The minimum Gasteiger partial charge on any atom is -0.378 e. The van der Waals surface area contributed by atoms with Crippen molar-refractivity contribution in [2.75, 3.05) is 13.7 Å². The third kappa shape index (κ3) is 5.44. The normalized spacial score (nSPS) is 20.7. The van der Waals surface area contributed by atoms with Gasteiger partial charge in [-0.15, -0.1) is 0 Å². The first-order chi connectivity index (χ1) is 10.2. The highest BCUT2D eigenvalue weighted by Gasteiger charge is 2.17. The molecule has 2 heteroatoms. The van der Waals surface area contributed by atoms with E-state index in [0.29, 0.717) is 18.1 Å². The standard InChI is InChI=1S/C19H31NO/c1-15(2)13-16-7-6-8-17(14-16)19(20-3)11-10-18-9-4-5-12-21-18/h6-8,14-15,18-20H,4-5,9-13H2,1-3H3. The Bertz CT molecular complexity index is 410. The van der Waals surface area contributed by atoms with Gasteiger partial charge in [-0.25, -0.2) is 0 Å². The molecule has 1 aliphatic heterocycles. The van der Waals surface area contributed by atoms with E-state index < -0.39 is 0 Å². The summed E-state index contributed by atoms with van der Waals surface area (Å²) in [6.45, 7) is 5.52. The average Bonchev–Trinajstić information content (AvgIpc) is 2.49. The van der Waals surface area contributed by atoms with Crippen molar-refractivity contribution >= 4 is 0 Å². The Balaban J connectivity index is 1.92. The van der Waals surface area contributed by atoms with E-state index in [2.05, 4.69) is 50.5 Å². The van der Waals surface area contributed by atoms with Crippen LogP contribution in [0.4, 0.5) is 0 Å². The molecular formula is C19H31NO. The number of benzene rings is 1. The summed E-state index contributed by atoms with van der Waals surface area (Å²) in [4.78, 5) is 0. The van der Waals surface area contributed by atoms with Gasteiger partial charge < -0.3 is 10.1 Å². The number of nitrogens with one attached hydrogen (secondary N) is 1. The van der Waals surface area contributed by atoms with Gasteiger partial charge in [-0.3, -0.25) is 0 Å². The summed E-state index contributed by atoms with van der Waals surface area (Å²) in [5.74, 6) is 0.712. The molecule has 2 nitrogen and oxygen atoms in total. The molecule has 1 fully saturated rings. The van der Waals surface area contributed by atoms with Crippen molar-refractivity contribution < 1.29 is 4.74 Å². The van der Waals surface area contributed by atoms with E-state index in [1.807, 2.05) is 0 Å². The summed E-state index contributed by atoms with van der Waals surface area (Å²) in [6, 6.07) is 9.53. The number of hydrogen-bond acceptors (Lipinski definition) is 2. The lowest BCUT2D eigenvalue weighted by Gasteiger charge is -2.25. The number of ether oxygens (including phenoxy) is 1. The summed E-state index contributed by atoms with van der Waals surface area (Å²) >= 11 is 0. The summed E-state index contributed by atoms with van der Waals surface area (Å²) in [7, 11) is 2.07. The Morgan fingerprint density at radius 3 is 2.81 bits per heavy atom. The molecule has 0 aromatic heterocycles. The summed E-state index contributed by atoms with van der Waals surface area (Å²) in [5.41, 5.74) is 2.88. The molecule has 0 aliphatic carbocycles. The van der Waals surface area contributed by atoms with Crippen molar-refractivity contribution in [1.82, 2.24) is 5.32 Å². The molecule has 1 aliphatic rings. The maximum Gasteiger partial charge on any atom is 0.0575 e. The Morgan fingerprint density at radius 2 is 2.14 bits per heavy atom. The predicted octanol–water partition coefficient (Wildman–Crippen LogP) is 4.49. The molecule has 0 radical (unpaired) electrons. The molecule has 118 valence electrons. The first-order valence-corrected chi connectivity index (χ1v) is 8.56. The van der Waals surface area contributed by atoms with E-state index in [1.165, 1.54) is 36.8 Å². The fraction of sp³-hybridized carbons (Fsp3) is 0.684. The average molecular weight is 289 g/mol. The Morgan fingerprint density at radius 1 is 1.29 bits per heavy atom. The van der Waals surface area contributed by atoms with Crippen LogP contribution >= 0.6 is 0 Å². The van der Waals surface area contributed by atoms with Crippen LogP contribution in [0.15, 0.2) is 24.3 Å². The first kappa shape index (κ1) is 16.5. The molecule has 1 heterocycles. The third-order valence-corrected chi connectivity index (χ3v) is 4.40.